The van der Waals surface area contributed by atoms with Crippen LogP contribution in [0.15, 0.2) is 42.5 Å². The molecule has 0 aromatic heterocycles. The molecule has 1 N–H and O–H groups in total. The molecule has 5 heteroatoms. The van der Waals surface area contributed by atoms with Crippen LogP contribution in [0.1, 0.15) is 54.4 Å². The van der Waals surface area contributed by atoms with Crippen molar-refractivity contribution in [2.75, 3.05) is 19.6 Å². The fourth-order valence-electron chi connectivity index (χ4n) is 4.82. The maximum Gasteiger partial charge on any atom is 0.126 e. The summed E-state index contributed by atoms with van der Waals surface area (Å²) >= 11 is 6.37. The number of aliphatic hydroxyl groups excluding tert-OH is 1. The van der Waals surface area contributed by atoms with Gasteiger partial charge in [-0.05, 0) is 85.9 Å². The summed E-state index contributed by atoms with van der Waals surface area (Å²) in [4.78, 5) is 2.51. The van der Waals surface area contributed by atoms with Crippen molar-refractivity contribution in [1.29, 1.82) is 0 Å². The van der Waals surface area contributed by atoms with Gasteiger partial charge in [0.05, 0.1) is 6.10 Å². The molecule has 2 aromatic carbocycles. The normalized spacial score (nSPS) is 23.5. The van der Waals surface area contributed by atoms with E-state index in [0.29, 0.717) is 17.4 Å². The number of piperidine rings is 1. The molecule has 0 bridgehead atoms. The molecule has 2 atom stereocenters. The zero-order chi connectivity index (χ0) is 18.8. The van der Waals surface area contributed by atoms with Gasteiger partial charge in [0.1, 0.15) is 5.82 Å². The minimum atomic E-state index is -0.552. The third-order valence-electron chi connectivity index (χ3n) is 6.32. The van der Waals surface area contributed by atoms with E-state index in [9.17, 15) is 9.50 Å². The highest BCUT2D eigenvalue weighted by Gasteiger charge is 2.28. The van der Waals surface area contributed by atoms with Crippen LogP contribution in [0.5, 0.6) is 0 Å². The molecule has 2 aromatic rings. The van der Waals surface area contributed by atoms with Crippen LogP contribution in [0.2, 0.25) is 5.02 Å². The van der Waals surface area contributed by atoms with Crippen LogP contribution in [-0.4, -0.2) is 29.6 Å². The first-order chi connectivity index (χ1) is 13.1. The van der Waals surface area contributed by atoms with E-state index < -0.39 is 6.10 Å². The summed E-state index contributed by atoms with van der Waals surface area (Å²) in [6.45, 7) is 3.11. The number of fused-ring (bicyclic) bond motifs is 1. The number of nitrogens with zero attached hydrogens (tertiary/aromatic N) is 1. The van der Waals surface area contributed by atoms with Crippen LogP contribution in [0.25, 0.3) is 0 Å². The molecule has 0 amide bonds. The molecule has 2 nitrogen and oxygen atoms in total. The summed E-state index contributed by atoms with van der Waals surface area (Å²) < 4.78 is 14.1. The third kappa shape index (κ3) is 4.71. The Morgan fingerprint density at radius 3 is 2.46 bits per heavy atom. The SMILES string of the molecule is Cl.OC1CC(CN2CCC(c3ccccc3Cl)CC2)CCc2c(F)cccc21. The fraction of sp³-hybridized carbons (Fsp3) is 0.478. The Balaban J connectivity index is 0.00000225. The molecule has 28 heavy (non-hydrogen) atoms. The second-order valence-electron chi connectivity index (χ2n) is 8.06. The second kappa shape index (κ2) is 9.58. The Labute approximate surface area is 178 Å². The maximum atomic E-state index is 14.1. The fourth-order valence-corrected chi connectivity index (χ4v) is 5.11. The van der Waals surface area contributed by atoms with Crippen molar-refractivity contribution in [2.45, 2.75) is 44.1 Å². The average molecular weight is 424 g/mol. The van der Waals surface area contributed by atoms with Crippen LogP contribution in [0, 0.1) is 11.7 Å². The van der Waals surface area contributed by atoms with Gasteiger partial charge < -0.3 is 10.0 Å². The van der Waals surface area contributed by atoms with Crippen LogP contribution in [0.4, 0.5) is 4.39 Å². The summed E-state index contributed by atoms with van der Waals surface area (Å²) in [5.74, 6) is 0.768. The van der Waals surface area contributed by atoms with Gasteiger partial charge >= 0.3 is 0 Å². The van der Waals surface area contributed by atoms with E-state index >= 15 is 0 Å². The molecule has 152 valence electrons. The van der Waals surface area contributed by atoms with Crippen molar-refractivity contribution in [1.82, 2.24) is 4.90 Å². The van der Waals surface area contributed by atoms with Crippen LogP contribution >= 0.6 is 24.0 Å². The van der Waals surface area contributed by atoms with Gasteiger partial charge in [0.2, 0.25) is 0 Å². The topological polar surface area (TPSA) is 23.5 Å². The molecule has 1 heterocycles. The van der Waals surface area contributed by atoms with Crippen molar-refractivity contribution in [3.05, 3.63) is 70.0 Å². The number of aliphatic hydroxyl groups is 1. The molecular weight excluding hydrogens is 396 g/mol. The number of hydrogen-bond donors (Lipinski definition) is 1. The van der Waals surface area contributed by atoms with E-state index in [-0.39, 0.29) is 18.2 Å². The highest BCUT2D eigenvalue weighted by Crippen LogP contribution is 2.36. The number of likely N-dealkylation sites (tertiary alicyclic amines) is 1. The van der Waals surface area contributed by atoms with Crippen molar-refractivity contribution in [3.8, 4) is 0 Å². The number of rotatable bonds is 3. The van der Waals surface area contributed by atoms with Crippen LogP contribution in [-0.2, 0) is 6.42 Å². The first-order valence-electron chi connectivity index (χ1n) is 10.0. The molecule has 1 saturated heterocycles. The zero-order valence-electron chi connectivity index (χ0n) is 16.0. The monoisotopic (exact) mass is 423 g/mol. The summed E-state index contributed by atoms with van der Waals surface area (Å²) in [7, 11) is 0. The molecule has 0 radical (unpaired) electrons. The standard InChI is InChI=1S/C23H27ClFNO.ClH/c24-21-6-2-1-4-18(21)17-10-12-26(13-11-17)15-16-8-9-19-20(23(27)14-16)5-3-7-22(19)25;/h1-7,16-17,23,27H,8-15H2;1H. The molecule has 0 saturated carbocycles. The van der Waals surface area contributed by atoms with Gasteiger partial charge in [-0.1, -0.05) is 41.9 Å². The zero-order valence-corrected chi connectivity index (χ0v) is 17.6. The third-order valence-corrected chi connectivity index (χ3v) is 6.67. The minimum Gasteiger partial charge on any atom is -0.388 e. The van der Waals surface area contributed by atoms with Gasteiger partial charge in [-0.3, -0.25) is 0 Å². The maximum absolute atomic E-state index is 14.1. The molecule has 2 unspecified atom stereocenters. The summed E-state index contributed by atoms with van der Waals surface area (Å²) in [6, 6.07) is 13.3. The Morgan fingerprint density at radius 2 is 1.71 bits per heavy atom. The van der Waals surface area contributed by atoms with Crippen molar-refractivity contribution in [2.24, 2.45) is 5.92 Å². The summed E-state index contributed by atoms with van der Waals surface area (Å²) in [5, 5.41) is 11.5. The largest absolute Gasteiger partial charge is 0.388 e. The van der Waals surface area contributed by atoms with Gasteiger partial charge in [-0.2, -0.15) is 0 Å². The van der Waals surface area contributed by atoms with E-state index in [4.69, 9.17) is 11.6 Å². The molecule has 4 rings (SSSR count). The molecule has 0 spiro atoms. The molecular formula is C23H28Cl2FNO. The van der Waals surface area contributed by atoms with Crippen molar-refractivity contribution < 1.29 is 9.50 Å². The number of hydrogen-bond acceptors (Lipinski definition) is 2. The van der Waals surface area contributed by atoms with Gasteiger partial charge in [-0.25, -0.2) is 4.39 Å². The van der Waals surface area contributed by atoms with E-state index in [1.54, 1.807) is 6.07 Å². The van der Waals surface area contributed by atoms with E-state index in [0.717, 1.165) is 62.3 Å². The number of halogens is 3. The highest BCUT2D eigenvalue weighted by atomic mass is 35.5. The summed E-state index contributed by atoms with van der Waals surface area (Å²) in [5.41, 5.74) is 2.77. The minimum absolute atomic E-state index is 0. The lowest BCUT2D eigenvalue weighted by atomic mass is 9.88. The predicted octanol–water partition coefficient (Wildman–Crippen LogP) is 5.77. The lowest BCUT2D eigenvalue weighted by molar-refractivity contribution is 0.117. The molecule has 2 aliphatic rings. The average Bonchev–Trinajstić information content (AvgIpc) is 2.83. The van der Waals surface area contributed by atoms with E-state index in [2.05, 4.69) is 17.0 Å². The van der Waals surface area contributed by atoms with Gasteiger partial charge in [0.15, 0.2) is 0 Å². The number of benzene rings is 2. The Hall–Kier alpha value is -1.13. The van der Waals surface area contributed by atoms with E-state index in [1.807, 2.05) is 18.2 Å². The van der Waals surface area contributed by atoms with Crippen LogP contribution in [0.3, 0.4) is 0 Å². The predicted molar refractivity (Wildman–Crippen MR) is 115 cm³/mol. The van der Waals surface area contributed by atoms with Gasteiger partial charge in [0.25, 0.3) is 0 Å². The lowest BCUT2D eigenvalue weighted by Gasteiger charge is -2.35. The quantitative estimate of drug-likeness (QED) is 0.633. The second-order valence-corrected chi connectivity index (χ2v) is 8.47. The lowest BCUT2D eigenvalue weighted by Crippen LogP contribution is -2.37. The Bertz CT molecular complexity index is 792. The highest BCUT2D eigenvalue weighted by molar-refractivity contribution is 6.31. The van der Waals surface area contributed by atoms with E-state index in [1.165, 1.54) is 11.6 Å². The van der Waals surface area contributed by atoms with Crippen LogP contribution < -0.4 is 0 Å². The smallest absolute Gasteiger partial charge is 0.126 e. The van der Waals surface area contributed by atoms with Gasteiger partial charge in [0, 0.05) is 11.6 Å². The first kappa shape index (κ1) is 21.6. The molecule has 1 aliphatic heterocycles. The van der Waals surface area contributed by atoms with Crippen molar-refractivity contribution in [3.63, 3.8) is 0 Å². The van der Waals surface area contributed by atoms with Gasteiger partial charge in [-0.15, -0.1) is 12.4 Å². The Kier molecular flexibility index (Phi) is 7.38. The molecule has 1 fully saturated rings. The van der Waals surface area contributed by atoms with Crippen molar-refractivity contribution >= 4 is 24.0 Å². The summed E-state index contributed by atoms with van der Waals surface area (Å²) in [6.07, 6.45) is 4.07. The molecule has 1 aliphatic carbocycles. The Morgan fingerprint density at radius 1 is 1.00 bits per heavy atom. The first-order valence-corrected chi connectivity index (χ1v) is 10.4.